The molecule has 142 valence electrons. The predicted octanol–water partition coefficient (Wildman–Crippen LogP) is 1.91. The molecule has 8 nitrogen and oxygen atoms in total. The smallest absolute Gasteiger partial charge is 0.276 e. The number of anilines is 1. The van der Waals surface area contributed by atoms with Gasteiger partial charge in [-0.25, -0.2) is 9.38 Å². The van der Waals surface area contributed by atoms with E-state index in [0.717, 1.165) is 5.56 Å². The highest BCUT2D eigenvalue weighted by molar-refractivity contribution is 7.99. The number of primary amides is 1. The van der Waals surface area contributed by atoms with Crippen LogP contribution in [0.1, 0.15) is 11.4 Å². The fourth-order valence-electron chi connectivity index (χ4n) is 3.07. The Hall–Kier alpha value is -3.20. The van der Waals surface area contributed by atoms with Crippen molar-refractivity contribution in [3.05, 3.63) is 65.5 Å². The quantitative estimate of drug-likeness (QED) is 0.719. The summed E-state index contributed by atoms with van der Waals surface area (Å²) >= 11 is 1.30. The van der Waals surface area contributed by atoms with Crippen LogP contribution in [0.15, 0.2) is 58.5 Å². The summed E-state index contributed by atoms with van der Waals surface area (Å²) in [4.78, 5) is 16.3. The van der Waals surface area contributed by atoms with E-state index in [1.165, 1.54) is 19.1 Å². The van der Waals surface area contributed by atoms with Gasteiger partial charge in [0.25, 0.3) is 5.88 Å². The van der Waals surface area contributed by atoms with E-state index in [2.05, 4.69) is 24.9 Å². The van der Waals surface area contributed by atoms with Crippen LogP contribution in [0.25, 0.3) is 0 Å². The topological polar surface area (TPSA) is 115 Å². The molecule has 4 rings (SSSR count). The van der Waals surface area contributed by atoms with Gasteiger partial charge in [-0.15, -0.1) is 10.2 Å². The van der Waals surface area contributed by atoms with Gasteiger partial charge in [0.05, 0.1) is 12.4 Å². The van der Waals surface area contributed by atoms with Gasteiger partial charge in [-0.3, -0.25) is 4.79 Å². The van der Waals surface area contributed by atoms with Crippen LogP contribution in [0.3, 0.4) is 0 Å². The van der Waals surface area contributed by atoms with Gasteiger partial charge in [0.1, 0.15) is 5.71 Å². The molecule has 28 heavy (non-hydrogen) atoms. The number of fused-ring (bicyclic) bond motifs is 1. The lowest BCUT2D eigenvalue weighted by molar-refractivity contribution is -0.114. The van der Waals surface area contributed by atoms with Crippen LogP contribution in [0.4, 0.5) is 5.82 Å². The maximum Gasteiger partial charge on any atom is 0.276 e. The molecule has 2 aliphatic rings. The van der Waals surface area contributed by atoms with Gasteiger partial charge in [0.15, 0.2) is 11.6 Å². The molecule has 1 amide bonds. The Kier molecular flexibility index (Phi) is 5.07. The lowest BCUT2D eigenvalue weighted by atomic mass is 9.89. The molecule has 9 heteroatoms. The van der Waals surface area contributed by atoms with Gasteiger partial charge < -0.3 is 15.8 Å². The van der Waals surface area contributed by atoms with Crippen LogP contribution in [-0.2, 0) is 11.3 Å². The first-order valence-electron chi connectivity index (χ1n) is 8.66. The monoisotopic (exact) mass is 394 g/mol. The molecule has 2 unspecified atom stereocenters. The molecule has 3 N–H and O–H groups in total. The molecule has 0 radical (unpaired) electrons. The van der Waals surface area contributed by atoms with E-state index in [4.69, 9.17) is 10.5 Å². The Morgan fingerprint density at radius 2 is 2.11 bits per heavy atom. The van der Waals surface area contributed by atoms with Crippen molar-refractivity contribution in [1.82, 2.24) is 15.2 Å². The second kappa shape index (κ2) is 7.81. The summed E-state index contributed by atoms with van der Waals surface area (Å²) in [6.45, 7) is 0.567. The van der Waals surface area contributed by atoms with Crippen molar-refractivity contribution in [2.45, 2.75) is 11.8 Å². The standard InChI is InChI=1S/C19H18N6O2S/c1-27-19-18(21-10-11-6-3-2-4-7-11)22-17(23-24-19)14-12-8-5-9-13(16(20)26)15(12)28-25-14/h2-9,12,15H,10H2,1H3,(H2,20,26)(H,21,22,23). The summed E-state index contributed by atoms with van der Waals surface area (Å²) in [7, 11) is 1.52. The van der Waals surface area contributed by atoms with Gasteiger partial charge in [-0.1, -0.05) is 48.6 Å². The van der Waals surface area contributed by atoms with Gasteiger partial charge in [0.2, 0.25) is 5.91 Å². The third-order valence-corrected chi connectivity index (χ3v) is 5.55. The molecular formula is C19H18N6O2S. The van der Waals surface area contributed by atoms with Crippen LogP contribution >= 0.6 is 11.9 Å². The van der Waals surface area contributed by atoms with Crippen LogP contribution in [0.2, 0.25) is 0 Å². The number of rotatable bonds is 6. The number of carbonyl (C=O) groups is 1. The largest absolute Gasteiger partial charge is 0.477 e. The first kappa shape index (κ1) is 18.2. The first-order valence-corrected chi connectivity index (χ1v) is 9.50. The summed E-state index contributed by atoms with van der Waals surface area (Å²) in [5.41, 5.74) is 7.80. The fourth-order valence-corrected chi connectivity index (χ4v) is 4.16. The third kappa shape index (κ3) is 3.48. The molecule has 0 saturated heterocycles. The molecule has 0 saturated carbocycles. The summed E-state index contributed by atoms with van der Waals surface area (Å²) in [6.07, 6.45) is 5.52. The molecule has 1 aromatic carbocycles. The van der Waals surface area contributed by atoms with E-state index < -0.39 is 5.91 Å². The number of methoxy groups -OCH3 is 1. The van der Waals surface area contributed by atoms with Crippen LogP contribution < -0.4 is 15.8 Å². The molecule has 1 aliphatic carbocycles. The number of ether oxygens (including phenoxy) is 1. The van der Waals surface area contributed by atoms with Crippen LogP contribution in [0, 0.1) is 5.92 Å². The molecule has 2 atom stereocenters. The molecule has 0 bridgehead atoms. The molecule has 2 aromatic rings. The second-order valence-electron chi connectivity index (χ2n) is 6.23. The Bertz CT molecular complexity index is 989. The molecule has 1 aromatic heterocycles. The highest BCUT2D eigenvalue weighted by Gasteiger charge is 2.39. The maximum atomic E-state index is 11.7. The predicted molar refractivity (Wildman–Crippen MR) is 108 cm³/mol. The van der Waals surface area contributed by atoms with Crippen molar-refractivity contribution in [1.29, 1.82) is 0 Å². The maximum absolute atomic E-state index is 11.7. The number of nitrogens with one attached hydrogen (secondary N) is 1. The zero-order chi connectivity index (χ0) is 19.5. The van der Waals surface area contributed by atoms with E-state index in [0.29, 0.717) is 35.4 Å². The molecule has 0 spiro atoms. The number of amides is 1. The van der Waals surface area contributed by atoms with E-state index in [1.54, 1.807) is 6.08 Å². The number of aromatic nitrogens is 3. The zero-order valence-electron chi connectivity index (χ0n) is 15.1. The molecule has 0 fully saturated rings. The minimum Gasteiger partial charge on any atom is -0.477 e. The highest BCUT2D eigenvalue weighted by atomic mass is 32.2. The van der Waals surface area contributed by atoms with Crippen LogP contribution in [-0.4, -0.2) is 39.2 Å². The minimum absolute atomic E-state index is 0.130. The number of nitrogens with zero attached hydrogens (tertiary/aromatic N) is 4. The van der Waals surface area contributed by atoms with E-state index in [-0.39, 0.29) is 11.2 Å². The SMILES string of the molecule is COc1nnc(C2=NSC3C(C(N)=O)=CC=CC23)nc1NCc1ccccc1. The number of hydrogen-bond donors (Lipinski definition) is 2. The van der Waals surface area contributed by atoms with Gasteiger partial charge in [-0.2, -0.15) is 0 Å². The average Bonchev–Trinajstić information content (AvgIpc) is 3.17. The summed E-state index contributed by atoms with van der Waals surface area (Å²) in [6, 6.07) is 9.94. The minimum atomic E-state index is -0.442. The highest BCUT2D eigenvalue weighted by Crippen LogP contribution is 2.39. The van der Waals surface area contributed by atoms with Crippen molar-refractivity contribution in [2.75, 3.05) is 12.4 Å². The van der Waals surface area contributed by atoms with Crippen molar-refractivity contribution in [3.63, 3.8) is 0 Å². The Morgan fingerprint density at radius 1 is 1.29 bits per heavy atom. The van der Waals surface area contributed by atoms with E-state index in [9.17, 15) is 4.79 Å². The summed E-state index contributed by atoms with van der Waals surface area (Å²) < 4.78 is 9.78. The number of allylic oxidation sites excluding steroid dienone is 3. The van der Waals surface area contributed by atoms with Gasteiger partial charge >= 0.3 is 0 Å². The van der Waals surface area contributed by atoms with Crippen molar-refractivity contribution >= 4 is 29.4 Å². The normalized spacial score (nSPS) is 20.2. The van der Waals surface area contributed by atoms with E-state index in [1.807, 2.05) is 42.5 Å². The zero-order valence-corrected chi connectivity index (χ0v) is 15.9. The third-order valence-electron chi connectivity index (χ3n) is 4.47. The second-order valence-corrected chi connectivity index (χ2v) is 7.13. The molecule has 2 heterocycles. The molecular weight excluding hydrogens is 376 g/mol. The van der Waals surface area contributed by atoms with Crippen molar-refractivity contribution in [3.8, 4) is 5.88 Å². The number of hydrogen-bond acceptors (Lipinski definition) is 8. The van der Waals surface area contributed by atoms with Gasteiger partial charge in [-0.05, 0) is 17.5 Å². The Balaban J connectivity index is 1.58. The van der Waals surface area contributed by atoms with Crippen LogP contribution in [0.5, 0.6) is 5.88 Å². The number of benzene rings is 1. The van der Waals surface area contributed by atoms with Crippen molar-refractivity contribution < 1.29 is 9.53 Å². The fraction of sp³-hybridized carbons (Fsp3) is 0.211. The lowest BCUT2D eigenvalue weighted by Gasteiger charge is -2.20. The first-order chi connectivity index (χ1) is 13.7. The van der Waals surface area contributed by atoms with Crippen molar-refractivity contribution in [2.24, 2.45) is 16.0 Å². The average molecular weight is 394 g/mol. The molecule has 1 aliphatic heterocycles. The summed E-state index contributed by atoms with van der Waals surface area (Å²) in [5.74, 6) is 0.612. The Morgan fingerprint density at radius 3 is 2.86 bits per heavy atom. The number of carbonyl (C=O) groups excluding carboxylic acids is 1. The van der Waals surface area contributed by atoms with Gasteiger partial charge in [0, 0.05) is 18.0 Å². The van der Waals surface area contributed by atoms with E-state index >= 15 is 0 Å². The Labute approximate surface area is 166 Å². The lowest BCUT2D eigenvalue weighted by Crippen LogP contribution is -2.31. The number of nitrogens with two attached hydrogens (primary N) is 1. The summed E-state index contributed by atoms with van der Waals surface area (Å²) in [5, 5.41) is 11.4.